The lowest BCUT2D eigenvalue weighted by molar-refractivity contribution is 0.244. The molecular formula is C16H20N2S. The van der Waals surface area contributed by atoms with E-state index in [0.717, 1.165) is 19.6 Å². The van der Waals surface area contributed by atoms with E-state index >= 15 is 0 Å². The van der Waals surface area contributed by atoms with Crippen molar-refractivity contribution in [3.05, 3.63) is 58.3 Å². The van der Waals surface area contributed by atoms with Crippen LogP contribution in [0, 0.1) is 0 Å². The molecule has 100 valence electrons. The Kier molecular flexibility index (Phi) is 4.28. The van der Waals surface area contributed by atoms with Gasteiger partial charge in [-0.3, -0.25) is 4.90 Å². The van der Waals surface area contributed by atoms with Crippen LogP contribution in [0.15, 0.2) is 47.8 Å². The summed E-state index contributed by atoms with van der Waals surface area (Å²) < 4.78 is 0. The number of benzene rings is 1. The van der Waals surface area contributed by atoms with Crippen LogP contribution in [-0.4, -0.2) is 31.1 Å². The predicted octanol–water partition coefficient (Wildman–Crippen LogP) is 3.13. The maximum absolute atomic E-state index is 3.49. The number of nitrogens with zero attached hydrogens (tertiary/aromatic N) is 1. The molecule has 1 fully saturated rings. The van der Waals surface area contributed by atoms with E-state index in [0.29, 0.717) is 6.04 Å². The van der Waals surface area contributed by atoms with Crippen LogP contribution in [0.4, 0.5) is 0 Å². The molecule has 2 heterocycles. The van der Waals surface area contributed by atoms with Gasteiger partial charge in [-0.1, -0.05) is 36.4 Å². The molecule has 1 aromatic carbocycles. The first-order chi connectivity index (χ1) is 9.45. The van der Waals surface area contributed by atoms with Crippen molar-refractivity contribution >= 4 is 11.3 Å². The van der Waals surface area contributed by atoms with Gasteiger partial charge in [-0.25, -0.2) is 0 Å². The van der Waals surface area contributed by atoms with Crippen LogP contribution in [-0.2, 0) is 0 Å². The average molecular weight is 272 g/mol. The maximum atomic E-state index is 3.49. The van der Waals surface area contributed by atoms with Crippen LogP contribution in [0.25, 0.3) is 0 Å². The molecular weight excluding hydrogens is 252 g/mol. The number of hydrogen-bond acceptors (Lipinski definition) is 3. The highest BCUT2D eigenvalue weighted by atomic mass is 32.1. The molecule has 1 aromatic heterocycles. The average Bonchev–Trinajstić information content (AvgIpc) is 2.84. The summed E-state index contributed by atoms with van der Waals surface area (Å²) in [4.78, 5) is 4.06. The van der Waals surface area contributed by atoms with Crippen molar-refractivity contribution in [3.63, 3.8) is 0 Å². The van der Waals surface area contributed by atoms with Gasteiger partial charge in [0.2, 0.25) is 0 Å². The number of rotatable bonds is 3. The third kappa shape index (κ3) is 3.06. The highest BCUT2D eigenvalue weighted by Gasteiger charge is 2.23. The molecule has 1 saturated heterocycles. The molecule has 1 aliphatic rings. The third-order valence-electron chi connectivity index (χ3n) is 3.67. The first kappa shape index (κ1) is 12.9. The van der Waals surface area contributed by atoms with E-state index in [9.17, 15) is 0 Å². The molecule has 0 bridgehead atoms. The number of thiophene rings is 1. The Morgan fingerprint density at radius 2 is 1.89 bits per heavy atom. The Bertz CT molecular complexity index is 473. The standard InChI is InChI=1S/C16H20N2S/c1-2-6-14(7-3-1)16(15-8-4-13-19-15)18-11-5-9-17-10-12-18/h1-4,6-8,13,16-17H,5,9-12H2. The summed E-state index contributed by atoms with van der Waals surface area (Å²) >= 11 is 1.86. The number of nitrogens with one attached hydrogen (secondary N) is 1. The molecule has 1 N–H and O–H groups in total. The topological polar surface area (TPSA) is 15.3 Å². The van der Waals surface area contributed by atoms with Crippen molar-refractivity contribution in [3.8, 4) is 0 Å². The molecule has 19 heavy (non-hydrogen) atoms. The smallest absolute Gasteiger partial charge is 0.0696 e. The SMILES string of the molecule is c1ccc(C(c2cccs2)N2CCCNCC2)cc1. The molecule has 0 spiro atoms. The quantitative estimate of drug-likeness (QED) is 0.923. The van der Waals surface area contributed by atoms with Crippen molar-refractivity contribution in [2.45, 2.75) is 12.5 Å². The fraction of sp³-hybridized carbons (Fsp3) is 0.375. The largest absolute Gasteiger partial charge is 0.315 e. The fourth-order valence-electron chi connectivity index (χ4n) is 2.76. The fourth-order valence-corrected chi connectivity index (χ4v) is 3.65. The van der Waals surface area contributed by atoms with E-state index in [4.69, 9.17) is 0 Å². The second-order valence-corrected chi connectivity index (χ2v) is 5.95. The molecule has 0 amide bonds. The molecule has 0 saturated carbocycles. The minimum Gasteiger partial charge on any atom is -0.315 e. The van der Waals surface area contributed by atoms with Crippen LogP contribution in [0.5, 0.6) is 0 Å². The summed E-state index contributed by atoms with van der Waals surface area (Å²) in [6, 6.07) is 15.7. The lowest BCUT2D eigenvalue weighted by Gasteiger charge is -2.30. The van der Waals surface area contributed by atoms with Crippen LogP contribution >= 0.6 is 11.3 Å². The molecule has 2 nitrogen and oxygen atoms in total. The summed E-state index contributed by atoms with van der Waals surface area (Å²) in [5, 5.41) is 5.67. The number of hydrogen-bond donors (Lipinski definition) is 1. The van der Waals surface area contributed by atoms with Gasteiger partial charge in [0.1, 0.15) is 0 Å². The van der Waals surface area contributed by atoms with Crippen molar-refractivity contribution in [1.29, 1.82) is 0 Å². The van der Waals surface area contributed by atoms with E-state index in [1.54, 1.807) is 0 Å². The van der Waals surface area contributed by atoms with Gasteiger partial charge >= 0.3 is 0 Å². The molecule has 1 atom stereocenters. The second-order valence-electron chi connectivity index (χ2n) is 4.97. The Morgan fingerprint density at radius 1 is 1.00 bits per heavy atom. The van der Waals surface area contributed by atoms with E-state index in [2.05, 4.69) is 58.1 Å². The van der Waals surface area contributed by atoms with Gasteiger partial charge in [-0.05, 0) is 30.0 Å². The van der Waals surface area contributed by atoms with Crippen LogP contribution in [0.1, 0.15) is 22.9 Å². The monoisotopic (exact) mass is 272 g/mol. The van der Waals surface area contributed by atoms with Crippen molar-refractivity contribution in [2.75, 3.05) is 26.2 Å². The van der Waals surface area contributed by atoms with E-state index in [1.807, 2.05) is 11.3 Å². The molecule has 1 aliphatic heterocycles. The molecule has 1 unspecified atom stereocenters. The second kappa shape index (κ2) is 6.33. The van der Waals surface area contributed by atoms with Crippen molar-refractivity contribution in [1.82, 2.24) is 10.2 Å². The predicted molar refractivity (Wildman–Crippen MR) is 81.7 cm³/mol. The molecule has 3 rings (SSSR count). The van der Waals surface area contributed by atoms with Gasteiger partial charge in [0.25, 0.3) is 0 Å². The van der Waals surface area contributed by atoms with Gasteiger partial charge in [0, 0.05) is 24.5 Å². The van der Waals surface area contributed by atoms with Crippen LogP contribution < -0.4 is 5.32 Å². The van der Waals surface area contributed by atoms with Gasteiger partial charge in [-0.2, -0.15) is 0 Å². The van der Waals surface area contributed by atoms with Gasteiger partial charge in [0.15, 0.2) is 0 Å². The highest BCUT2D eigenvalue weighted by molar-refractivity contribution is 7.10. The van der Waals surface area contributed by atoms with Gasteiger partial charge in [-0.15, -0.1) is 11.3 Å². The Labute approximate surface area is 119 Å². The van der Waals surface area contributed by atoms with E-state index in [1.165, 1.54) is 23.4 Å². The summed E-state index contributed by atoms with van der Waals surface area (Å²) in [7, 11) is 0. The zero-order valence-electron chi connectivity index (χ0n) is 11.1. The minimum absolute atomic E-state index is 0.418. The zero-order valence-corrected chi connectivity index (χ0v) is 11.9. The Hall–Kier alpha value is -1.16. The lowest BCUT2D eigenvalue weighted by atomic mass is 10.0. The Morgan fingerprint density at radius 3 is 2.68 bits per heavy atom. The minimum atomic E-state index is 0.418. The van der Waals surface area contributed by atoms with Gasteiger partial charge in [0.05, 0.1) is 6.04 Å². The van der Waals surface area contributed by atoms with E-state index in [-0.39, 0.29) is 0 Å². The normalized spacial score (nSPS) is 18.9. The zero-order chi connectivity index (χ0) is 12.9. The summed E-state index contributed by atoms with van der Waals surface area (Å²) in [6.07, 6.45) is 1.23. The summed E-state index contributed by atoms with van der Waals surface area (Å²) in [5.74, 6) is 0. The highest BCUT2D eigenvalue weighted by Crippen LogP contribution is 2.31. The summed E-state index contributed by atoms with van der Waals surface area (Å²) in [6.45, 7) is 4.53. The molecule has 0 aliphatic carbocycles. The first-order valence-electron chi connectivity index (χ1n) is 6.98. The van der Waals surface area contributed by atoms with Crippen molar-refractivity contribution < 1.29 is 0 Å². The van der Waals surface area contributed by atoms with E-state index < -0.39 is 0 Å². The third-order valence-corrected chi connectivity index (χ3v) is 4.59. The lowest BCUT2D eigenvalue weighted by Crippen LogP contribution is -2.32. The van der Waals surface area contributed by atoms with Crippen LogP contribution in [0.3, 0.4) is 0 Å². The van der Waals surface area contributed by atoms with Crippen LogP contribution in [0.2, 0.25) is 0 Å². The summed E-state index contributed by atoms with van der Waals surface area (Å²) in [5.41, 5.74) is 1.41. The molecule has 3 heteroatoms. The van der Waals surface area contributed by atoms with Gasteiger partial charge < -0.3 is 5.32 Å². The van der Waals surface area contributed by atoms with Crippen molar-refractivity contribution in [2.24, 2.45) is 0 Å². The maximum Gasteiger partial charge on any atom is 0.0696 e. The Balaban J connectivity index is 1.92. The first-order valence-corrected chi connectivity index (χ1v) is 7.86. The molecule has 0 radical (unpaired) electrons. The molecule has 2 aromatic rings.